The van der Waals surface area contributed by atoms with E-state index in [-0.39, 0.29) is 16.7 Å². The van der Waals surface area contributed by atoms with Crippen LogP contribution in [0.1, 0.15) is 54.4 Å². The molecule has 2 aromatic heterocycles. The van der Waals surface area contributed by atoms with Gasteiger partial charge in [-0.25, -0.2) is 8.42 Å². The summed E-state index contributed by atoms with van der Waals surface area (Å²) < 4.78 is 33.6. The highest BCUT2D eigenvalue weighted by Gasteiger charge is 2.34. The Morgan fingerprint density at radius 3 is 2.59 bits per heavy atom. The third kappa shape index (κ3) is 4.67. The lowest BCUT2D eigenvalue weighted by molar-refractivity contribution is -0.126. The lowest BCUT2D eigenvalue weighted by Crippen LogP contribution is -2.42. The molecule has 3 heterocycles. The van der Waals surface area contributed by atoms with E-state index >= 15 is 0 Å². The van der Waals surface area contributed by atoms with E-state index in [9.17, 15) is 13.2 Å². The van der Waals surface area contributed by atoms with Gasteiger partial charge >= 0.3 is 0 Å². The number of carbonyl (C=O) groups is 1. The Morgan fingerprint density at radius 2 is 1.91 bits per heavy atom. The van der Waals surface area contributed by atoms with Crippen molar-refractivity contribution in [1.29, 1.82) is 0 Å². The first-order valence-electron chi connectivity index (χ1n) is 11.7. The zero-order valence-electron chi connectivity index (χ0n) is 19.1. The molecule has 0 unspecified atom stereocenters. The molecule has 2 aliphatic rings. The first-order chi connectivity index (χ1) is 16.4. The topological polar surface area (TPSA) is 105 Å². The largest absolute Gasteiger partial charge is 0.352 e. The summed E-state index contributed by atoms with van der Waals surface area (Å²) in [5, 5.41) is 7.05. The van der Waals surface area contributed by atoms with Crippen LogP contribution in [0.4, 0.5) is 0 Å². The minimum absolute atomic E-state index is 0.0192. The number of sulfonamides is 1. The molecule has 3 aromatic rings. The highest BCUT2D eigenvalue weighted by atomic mass is 32.2. The van der Waals surface area contributed by atoms with Crippen molar-refractivity contribution in [2.24, 2.45) is 5.92 Å². The Morgan fingerprint density at radius 1 is 1.18 bits per heavy atom. The molecule has 0 atom stereocenters. The maximum atomic E-state index is 13.4. The molecular weight excluding hydrogens is 472 g/mol. The molecular formula is C24H28N4O4S2. The molecule has 0 spiro atoms. The van der Waals surface area contributed by atoms with Crippen LogP contribution in [0.2, 0.25) is 0 Å². The molecule has 1 amide bonds. The highest BCUT2D eigenvalue weighted by Crippen LogP contribution is 2.38. The van der Waals surface area contributed by atoms with Gasteiger partial charge in [0.05, 0.1) is 9.77 Å². The average Bonchev–Trinajstić information content (AvgIpc) is 3.44. The van der Waals surface area contributed by atoms with Gasteiger partial charge in [-0.1, -0.05) is 41.9 Å². The van der Waals surface area contributed by atoms with Gasteiger partial charge in [0.25, 0.3) is 0 Å². The fourth-order valence-corrected chi connectivity index (χ4v) is 7.37. The maximum absolute atomic E-state index is 13.4. The first kappa shape index (κ1) is 23.2. The smallest absolute Gasteiger partial charge is 0.244 e. The Bertz CT molecular complexity index is 1260. The van der Waals surface area contributed by atoms with Crippen molar-refractivity contribution < 1.29 is 17.7 Å². The second-order valence-corrected chi connectivity index (χ2v) is 12.2. The minimum Gasteiger partial charge on any atom is -0.352 e. The number of nitrogens with zero attached hydrogens (tertiary/aromatic N) is 3. The van der Waals surface area contributed by atoms with Crippen molar-refractivity contribution >= 4 is 27.3 Å². The number of thiophene rings is 1. The van der Waals surface area contributed by atoms with E-state index in [0.29, 0.717) is 59.9 Å². The van der Waals surface area contributed by atoms with Crippen molar-refractivity contribution in [2.75, 3.05) is 13.1 Å². The van der Waals surface area contributed by atoms with Gasteiger partial charge in [0.1, 0.15) is 0 Å². The molecule has 1 aliphatic carbocycles. The van der Waals surface area contributed by atoms with E-state index in [1.165, 1.54) is 22.1 Å². The Labute approximate surface area is 203 Å². The number of hydrogen-bond donors (Lipinski definition) is 1. The Balaban J connectivity index is 1.22. The average molecular weight is 501 g/mol. The standard InChI is InChI=1S/C24H28N4O4S2/c1-16-21(14-20(33-16)22-26-24(32-27-22)19-8-5-9-19)34(30,31)28-12-10-18(11-13-28)23(29)25-15-17-6-3-2-4-7-17/h2-4,6-7,14,18-19H,5,8-13,15H2,1H3,(H,25,29). The van der Waals surface area contributed by atoms with Crippen LogP contribution in [0.3, 0.4) is 0 Å². The molecule has 0 radical (unpaired) electrons. The van der Waals surface area contributed by atoms with E-state index in [1.54, 1.807) is 13.0 Å². The molecule has 1 saturated carbocycles. The summed E-state index contributed by atoms with van der Waals surface area (Å²) in [6.45, 7) is 2.93. The summed E-state index contributed by atoms with van der Waals surface area (Å²) in [5.74, 6) is 1.22. The van der Waals surface area contributed by atoms with Gasteiger partial charge in [0.15, 0.2) is 0 Å². The van der Waals surface area contributed by atoms with E-state index in [0.717, 1.165) is 18.4 Å². The summed E-state index contributed by atoms with van der Waals surface area (Å²) in [6, 6.07) is 11.4. The van der Waals surface area contributed by atoms with Gasteiger partial charge in [-0.3, -0.25) is 4.79 Å². The van der Waals surface area contributed by atoms with Crippen LogP contribution in [0.15, 0.2) is 45.8 Å². The first-order valence-corrected chi connectivity index (χ1v) is 13.9. The van der Waals surface area contributed by atoms with Crippen molar-refractivity contribution in [1.82, 2.24) is 19.8 Å². The number of rotatable bonds is 7. The third-order valence-electron chi connectivity index (χ3n) is 6.74. The van der Waals surface area contributed by atoms with Crippen molar-refractivity contribution in [3.63, 3.8) is 0 Å². The van der Waals surface area contributed by atoms with E-state index in [1.807, 2.05) is 30.3 Å². The van der Waals surface area contributed by atoms with Crippen LogP contribution < -0.4 is 5.32 Å². The lowest BCUT2D eigenvalue weighted by atomic mass is 9.85. The molecule has 0 bridgehead atoms. The van der Waals surface area contributed by atoms with Gasteiger partial charge in [-0.15, -0.1) is 11.3 Å². The Kier molecular flexibility index (Phi) is 6.54. The zero-order chi connectivity index (χ0) is 23.7. The second kappa shape index (κ2) is 9.59. The number of piperidine rings is 1. The number of nitrogens with one attached hydrogen (secondary N) is 1. The number of aryl methyl sites for hydroxylation is 1. The predicted molar refractivity (Wildman–Crippen MR) is 129 cm³/mol. The lowest BCUT2D eigenvalue weighted by Gasteiger charge is -2.30. The fraction of sp³-hybridized carbons (Fsp3) is 0.458. The van der Waals surface area contributed by atoms with Gasteiger partial charge in [0.2, 0.25) is 27.6 Å². The number of benzene rings is 1. The molecule has 1 aliphatic heterocycles. The molecule has 8 nitrogen and oxygen atoms in total. The van der Waals surface area contributed by atoms with Crippen LogP contribution in [0.25, 0.3) is 10.7 Å². The Hall–Kier alpha value is -2.56. The minimum atomic E-state index is -3.66. The third-order valence-corrected chi connectivity index (χ3v) is 9.94. The number of aromatic nitrogens is 2. The number of hydrogen-bond acceptors (Lipinski definition) is 7. The molecule has 34 heavy (non-hydrogen) atoms. The normalized spacial score (nSPS) is 18.0. The summed E-state index contributed by atoms with van der Waals surface area (Å²) in [6.07, 6.45) is 4.31. The molecule has 180 valence electrons. The van der Waals surface area contributed by atoms with E-state index < -0.39 is 10.0 Å². The van der Waals surface area contributed by atoms with Crippen LogP contribution in [-0.2, 0) is 21.4 Å². The van der Waals surface area contributed by atoms with E-state index in [2.05, 4.69) is 15.5 Å². The predicted octanol–water partition coefficient (Wildman–Crippen LogP) is 4.09. The molecule has 10 heteroatoms. The van der Waals surface area contributed by atoms with Gasteiger partial charge in [-0.2, -0.15) is 9.29 Å². The zero-order valence-corrected chi connectivity index (χ0v) is 20.7. The summed E-state index contributed by atoms with van der Waals surface area (Å²) in [4.78, 5) is 18.8. The van der Waals surface area contributed by atoms with E-state index in [4.69, 9.17) is 4.52 Å². The fourth-order valence-electron chi connectivity index (χ4n) is 4.41. The highest BCUT2D eigenvalue weighted by molar-refractivity contribution is 7.89. The molecule has 1 saturated heterocycles. The van der Waals surface area contributed by atoms with Gasteiger partial charge in [0, 0.05) is 36.3 Å². The van der Waals surface area contributed by atoms with Crippen LogP contribution in [0, 0.1) is 12.8 Å². The van der Waals surface area contributed by atoms with Gasteiger partial charge < -0.3 is 9.84 Å². The van der Waals surface area contributed by atoms with Crippen LogP contribution >= 0.6 is 11.3 Å². The second-order valence-electron chi connectivity index (χ2n) is 9.00. The molecule has 5 rings (SSSR count). The maximum Gasteiger partial charge on any atom is 0.244 e. The van der Waals surface area contributed by atoms with Crippen LogP contribution in [0.5, 0.6) is 0 Å². The van der Waals surface area contributed by atoms with Crippen LogP contribution in [-0.4, -0.2) is 41.9 Å². The van der Waals surface area contributed by atoms with Gasteiger partial charge in [-0.05, 0) is 44.2 Å². The van der Waals surface area contributed by atoms with Crippen molar-refractivity contribution in [3.05, 3.63) is 52.7 Å². The molecule has 1 N–H and O–H groups in total. The van der Waals surface area contributed by atoms with Crippen molar-refractivity contribution in [2.45, 2.75) is 56.4 Å². The molecule has 2 fully saturated rings. The number of carbonyl (C=O) groups excluding carboxylic acids is 1. The quantitative estimate of drug-likeness (QED) is 0.524. The summed E-state index contributed by atoms with van der Waals surface area (Å²) in [5.41, 5.74) is 1.04. The summed E-state index contributed by atoms with van der Waals surface area (Å²) in [7, 11) is -3.66. The molecule has 1 aromatic carbocycles. The van der Waals surface area contributed by atoms with Crippen molar-refractivity contribution in [3.8, 4) is 10.7 Å². The number of amides is 1. The SMILES string of the molecule is Cc1sc(-c2noc(C3CCC3)n2)cc1S(=O)(=O)N1CCC(C(=O)NCc2ccccc2)CC1. The monoisotopic (exact) mass is 500 g/mol. The summed E-state index contributed by atoms with van der Waals surface area (Å²) >= 11 is 1.36.